The number of anilines is 1. The van der Waals surface area contributed by atoms with Crippen LogP contribution in [-0.4, -0.2) is 21.0 Å². The van der Waals surface area contributed by atoms with Crippen LogP contribution >= 0.6 is 0 Å². The van der Waals surface area contributed by atoms with Crippen molar-refractivity contribution in [2.45, 2.75) is 13.0 Å². The number of aryl methyl sites for hydroxylation is 1. The molecule has 32 heavy (non-hydrogen) atoms. The normalized spacial score (nSPS) is 15.1. The Morgan fingerprint density at radius 1 is 1.06 bits per heavy atom. The maximum Gasteiger partial charge on any atom is 0.277 e. The average Bonchev–Trinajstić information content (AvgIpc) is 3.34. The lowest BCUT2D eigenvalue weighted by Gasteiger charge is -2.26. The molecule has 1 unspecified atom stereocenters. The molecular weight excluding hydrogens is 411 g/mol. The van der Waals surface area contributed by atoms with Crippen molar-refractivity contribution >= 4 is 17.3 Å². The van der Waals surface area contributed by atoms with Crippen molar-refractivity contribution < 1.29 is 14.1 Å². The van der Waals surface area contributed by atoms with Crippen LogP contribution in [0.15, 0.2) is 72.8 Å². The van der Waals surface area contributed by atoms with Crippen molar-refractivity contribution in [3.63, 3.8) is 0 Å². The molecule has 1 aromatic heterocycles. The number of rotatable bonds is 4. The number of aromatic nitrogens is 2. The molecule has 0 radical (unpaired) electrons. The van der Waals surface area contributed by atoms with E-state index in [0.717, 1.165) is 11.1 Å². The smallest absolute Gasteiger partial charge is 0.277 e. The van der Waals surface area contributed by atoms with Crippen molar-refractivity contribution in [3.05, 3.63) is 111 Å². The SMILES string of the molecule is Cc1ccc(-c2n[nH]c3c2C(c2cccc([N+](=O)[O-])c2)N(c2ccc(F)cc2)C3=O)cc1. The highest BCUT2D eigenvalue weighted by Gasteiger charge is 2.43. The van der Waals surface area contributed by atoms with E-state index < -0.39 is 16.8 Å². The highest BCUT2D eigenvalue weighted by Crippen LogP contribution is 2.45. The Labute approximate surface area is 182 Å². The van der Waals surface area contributed by atoms with Gasteiger partial charge in [-0.1, -0.05) is 42.0 Å². The van der Waals surface area contributed by atoms with E-state index in [1.54, 1.807) is 12.1 Å². The van der Waals surface area contributed by atoms with Gasteiger partial charge in [0.15, 0.2) is 0 Å². The first kappa shape index (κ1) is 19.6. The molecule has 0 bridgehead atoms. The van der Waals surface area contributed by atoms with E-state index in [2.05, 4.69) is 10.2 Å². The van der Waals surface area contributed by atoms with Crippen LogP contribution in [0, 0.1) is 22.9 Å². The van der Waals surface area contributed by atoms with E-state index >= 15 is 0 Å². The van der Waals surface area contributed by atoms with Gasteiger partial charge >= 0.3 is 0 Å². The van der Waals surface area contributed by atoms with Crippen LogP contribution in [-0.2, 0) is 0 Å². The highest BCUT2D eigenvalue weighted by molar-refractivity contribution is 6.11. The molecule has 3 aromatic carbocycles. The van der Waals surface area contributed by atoms with E-state index in [0.29, 0.717) is 28.2 Å². The van der Waals surface area contributed by atoms with Crippen LogP contribution in [0.2, 0.25) is 0 Å². The number of nitrogens with zero attached hydrogens (tertiary/aromatic N) is 3. The van der Waals surface area contributed by atoms with Gasteiger partial charge in [-0.05, 0) is 36.8 Å². The zero-order valence-corrected chi connectivity index (χ0v) is 16.9. The summed E-state index contributed by atoms with van der Waals surface area (Å²) in [5.74, 6) is -0.762. The standard InChI is InChI=1S/C24H17FN4O3/c1-14-5-7-15(8-6-14)21-20-22(27-26-21)24(30)28(18-11-9-17(25)10-12-18)23(20)16-3-2-4-19(13-16)29(31)32/h2-13,23H,1H3,(H,26,27). The van der Waals surface area contributed by atoms with Crippen molar-refractivity contribution in [3.8, 4) is 11.3 Å². The largest absolute Gasteiger partial charge is 0.295 e. The van der Waals surface area contributed by atoms with Gasteiger partial charge in [0.05, 0.1) is 16.7 Å². The molecule has 0 fully saturated rings. The number of halogens is 1. The number of fused-ring (bicyclic) bond motifs is 1. The molecule has 0 saturated carbocycles. The van der Waals surface area contributed by atoms with E-state index in [4.69, 9.17) is 0 Å². The Hall–Kier alpha value is -4.33. The summed E-state index contributed by atoms with van der Waals surface area (Å²) in [6, 6.07) is 18.8. The summed E-state index contributed by atoms with van der Waals surface area (Å²) < 4.78 is 13.6. The minimum absolute atomic E-state index is 0.0807. The number of nitro groups is 1. The van der Waals surface area contributed by atoms with Crippen LogP contribution in [0.3, 0.4) is 0 Å². The van der Waals surface area contributed by atoms with Crippen LogP contribution in [0.1, 0.15) is 33.2 Å². The monoisotopic (exact) mass is 428 g/mol. The number of benzene rings is 3. The van der Waals surface area contributed by atoms with Crippen molar-refractivity contribution in [1.82, 2.24) is 10.2 Å². The summed E-state index contributed by atoms with van der Waals surface area (Å²) in [5, 5.41) is 18.6. The molecule has 5 rings (SSSR count). The minimum Gasteiger partial charge on any atom is -0.295 e. The molecule has 1 N–H and O–H groups in total. The molecular formula is C24H17FN4O3. The Morgan fingerprint density at radius 3 is 2.47 bits per heavy atom. The Kier molecular flexibility index (Phi) is 4.55. The Balaban J connectivity index is 1.73. The van der Waals surface area contributed by atoms with Gasteiger partial charge in [-0.15, -0.1) is 0 Å². The summed E-state index contributed by atoms with van der Waals surface area (Å²) in [6.45, 7) is 1.98. The molecule has 1 atom stereocenters. The number of nitro benzene ring substituents is 1. The number of non-ortho nitro benzene ring substituents is 1. The molecule has 0 aliphatic carbocycles. The number of carbonyl (C=O) groups is 1. The fourth-order valence-corrected chi connectivity index (χ4v) is 4.07. The van der Waals surface area contributed by atoms with Gasteiger partial charge in [-0.3, -0.25) is 24.9 Å². The van der Waals surface area contributed by atoms with Crippen LogP contribution in [0.25, 0.3) is 11.3 Å². The predicted molar refractivity (Wildman–Crippen MR) is 117 cm³/mol. The third kappa shape index (κ3) is 3.13. The lowest BCUT2D eigenvalue weighted by Crippen LogP contribution is -2.29. The zero-order valence-electron chi connectivity index (χ0n) is 16.9. The van der Waals surface area contributed by atoms with Gasteiger partial charge in [0, 0.05) is 28.9 Å². The van der Waals surface area contributed by atoms with Crippen LogP contribution in [0.4, 0.5) is 15.8 Å². The van der Waals surface area contributed by atoms with Gasteiger partial charge in [-0.25, -0.2) is 4.39 Å². The average molecular weight is 428 g/mol. The van der Waals surface area contributed by atoms with E-state index in [9.17, 15) is 19.3 Å². The first-order valence-electron chi connectivity index (χ1n) is 9.93. The molecule has 1 aliphatic rings. The predicted octanol–water partition coefficient (Wildman–Crippen LogP) is 5.18. The van der Waals surface area contributed by atoms with Crippen molar-refractivity contribution in [2.75, 3.05) is 4.90 Å². The van der Waals surface area contributed by atoms with Gasteiger partial charge in [0.1, 0.15) is 11.5 Å². The quantitative estimate of drug-likeness (QED) is 0.358. The number of aromatic amines is 1. The van der Waals surface area contributed by atoms with E-state index in [1.165, 1.54) is 41.3 Å². The number of H-pyrrole nitrogens is 1. The molecule has 4 aromatic rings. The molecule has 1 amide bonds. The fourth-order valence-electron chi connectivity index (χ4n) is 4.07. The third-order valence-corrected chi connectivity index (χ3v) is 5.59. The number of carbonyl (C=O) groups excluding carboxylic acids is 1. The first-order valence-corrected chi connectivity index (χ1v) is 9.93. The second kappa shape index (κ2) is 7.42. The summed E-state index contributed by atoms with van der Waals surface area (Å²) in [5.41, 5.74) is 4.39. The third-order valence-electron chi connectivity index (χ3n) is 5.59. The number of hydrogen-bond donors (Lipinski definition) is 1. The van der Waals surface area contributed by atoms with E-state index in [1.807, 2.05) is 31.2 Å². The second-order valence-corrected chi connectivity index (χ2v) is 7.63. The van der Waals surface area contributed by atoms with Gasteiger partial charge in [-0.2, -0.15) is 5.10 Å². The van der Waals surface area contributed by atoms with Crippen molar-refractivity contribution in [2.24, 2.45) is 0 Å². The maximum absolute atomic E-state index is 13.6. The van der Waals surface area contributed by atoms with Gasteiger partial charge < -0.3 is 0 Å². The lowest BCUT2D eigenvalue weighted by molar-refractivity contribution is -0.384. The first-order chi connectivity index (χ1) is 15.4. The number of nitrogens with one attached hydrogen (secondary N) is 1. The highest BCUT2D eigenvalue weighted by atomic mass is 19.1. The molecule has 8 heteroatoms. The summed E-state index contributed by atoms with van der Waals surface area (Å²) >= 11 is 0. The molecule has 1 aliphatic heterocycles. The van der Waals surface area contributed by atoms with Crippen LogP contribution < -0.4 is 4.90 Å². The van der Waals surface area contributed by atoms with Gasteiger partial charge in [0.2, 0.25) is 0 Å². The maximum atomic E-state index is 13.6. The summed E-state index contributed by atoms with van der Waals surface area (Å²) in [6.07, 6.45) is 0. The lowest BCUT2D eigenvalue weighted by atomic mass is 9.95. The molecule has 158 valence electrons. The molecule has 0 saturated heterocycles. The molecule has 2 heterocycles. The summed E-state index contributed by atoms with van der Waals surface area (Å²) in [4.78, 5) is 25.9. The van der Waals surface area contributed by atoms with Gasteiger partial charge in [0.25, 0.3) is 11.6 Å². The zero-order chi connectivity index (χ0) is 22.4. The Morgan fingerprint density at radius 2 is 1.78 bits per heavy atom. The molecule has 0 spiro atoms. The summed E-state index contributed by atoms with van der Waals surface area (Å²) in [7, 11) is 0. The fraction of sp³-hybridized carbons (Fsp3) is 0.0833. The molecule has 7 nitrogen and oxygen atoms in total. The number of hydrogen-bond acceptors (Lipinski definition) is 4. The minimum atomic E-state index is -0.669. The van der Waals surface area contributed by atoms with Crippen LogP contribution in [0.5, 0.6) is 0 Å². The van der Waals surface area contributed by atoms with E-state index in [-0.39, 0.29) is 11.6 Å². The second-order valence-electron chi connectivity index (χ2n) is 7.63. The Bertz CT molecular complexity index is 1350. The van der Waals surface area contributed by atoms with Crippen molar-refractivity contribution in [1.29, 1.82) is 0 Å². The topological polar surface area (TPSA) is 92.1 Å². The number of amides is 1.